The van der Waals surface area contributed by atoms with Gasteiger partial charge in [-0.1, -0.05) is 13.5 Å². The van der Waals surface area contributed by atoms with Crippen LogP contribution in [0.2, 0.25) is 0 Å². The minimum absolute atomic E-state index is 0.0456. The number of nitrogens with one attached hydrogen (secondary N) is 2. The molecule has 26 heavy (non-hydrogen) atoms. The van der Waals surface area contributed by atoms with Gasteiger partial charge < -0.3 is 10.6 Å². The Hall–Kier alpha value is -2.19. The topological polar surface area (TPSA) is 95.6 Å². The third-order valence-electron chi connectivity index (χ3n) is 4.24. The molecule has 0 saturated carbocycles. The monoisotopic (exact) mass is 379 g/mol. The van der Waals surface area contributed by atoms with E-state index >= 15 is 0 Å². The summed E-state index contributed by atoms with van der Waals surface area (Å²) in [4.78, 5) is 23.6. The Morgan fingerprint density at radius 3 is 2.38 bits per heavy atom. The molecule has 0 bridgehead atoms. The van der Waals surface area contributed by atoms with Gasteiger partial charge in [0.2, 0.25) is 15.9 Å². The van der Waals surface area contributed by atoms with E-state index in [4.69, 9.17) is 0 Å². The van der Waals surface area contributed by atoms with Gasteiger partial charge in [-0.05, 0) is 49.6 Å². The van der Waals surface area contributed by atoms with E-state index in [1.165, 1.54) is 10.4 Å². The van der Waals surface area contributed by atoms with Crippen molar-refractivity contribution in [1.82, 2.24) is 9.62 Å². The van der Waals surface area contributed by atoms with Crippen LogP contribution in [0.25, 0.3) is 0 Å². The van der Waals surface area contributed by atoms with Gasteiger partial charge in [-0.15, -0.1) is 0 Å². The molecule has 2 rings (SSSR count). The lowest BCUT2D eigenvalue weighted by Gasteiger charge is -2.31. The molecule has 0 atom stereocenters. The van der Waals surface area contributed by atoms with E-state index < -0.39 is 10.0 Å². The van der Waals surface area contributed by atoms with Crippen LogP contribution < -0.4 is 10.6 Å². The van der Waals surface area contributed by atoms with Crippen LogP contribution in [0.3, 0.4) is 0 Å². The first-order valence-electron chi connectivity index (χ1n) is 8.68. The van der Waals surface area contributed by atoms with E-state index in [0.717, 1.165) is 0 Å². The maximum Gasteiger partial charge on any atom is 0.251 e. The van der Waals surface area contributed by atoms with Gasteiger partial charge in [0.05, 0.1) is 5.75 Å². The molecule has 1 saturated heterocycles. The van der Waals surface area contributed by atoms with Crippen LogP contribution >= 0.6 is 0 Å². The molecule has 0 aromatic heterocycles. The highest BCUT2D eigenvalue weighted by atomic mass is 32.2. The fourth-order valence-electron chi connectivity index (χ4n) is 2.83. The summed E-state index contributed by atoms with van der Waals surface area (Å²) in [5.41, 5.74) is 1.07. The Morgan fingerprint density at radius 2 is 1.85 bits per heavy atom. The molecule has 0 aliphatic carbocycles. The van der Waals surface area contributed by atoms with Crippen LogP contribution in [0.5, 0.6) is 0 Å². The third kappa shape index (κ3) is 5.40. The fraction of sp³-hybridized carbons (Fsp3) is 0.444. The molecule has 1 aromatic rings. The average molecular weight is 379 g/mol. The van der Waals surface area contributed by atoms with E-state index in [2.05, 4.69) is 17.2 Å². The van der Waals surface area contributed by atoms with Gasteiger partial charge in [-0.25, -0.2) is 12.7 Å². The number of hydrogen-bond donors (Lipinski definition) is 2. The quantitative estimate of drug-likeness (QED) is 0.706. The molecule has 0 unspecified atom stereocenters. The standard InChI is InChI=1S/C18H25N3O4S/c1-3-13-26(24,25)21-11-9-16(10-12-21)20-18(23)14-5-7-15(8-6-14)19-17(22)4-2/h4-8,16H,2-3,9-13H2,1H3,(H,19,22)(H,20,23). The normalized spacial score (nSPS) is 16.0. The summed E-state index contributed by atoms with van der Waals surface area (Å²) in [7, 11) is -3.18. The highest BCUT2D eigenvalue weighted by Gasteiger charge is 2.28. The van der Waals surface area contributed by atoms with Crippen molar-refractivity contribution in [1.29, 1.82) is 0 Å². The molecule has 1 aliphatic heterocycles. The second kappa shape index (κ2) is 8.95. The van der Waals surface area contributed by atoms with Crippen molar-refractivity contribution in [3.8, 4) is 0 Å². The molecule has 8 heteroatoms. The summed E-state index contributed by atoms with van der Waals surface area (Å²) in [6.45, 7) is 6.09. The number of rotatable bonds is 7. The molecule has 2 N–H and O–H groups in total. The lowest BCUT2D eigenvalue weighted by Crippen LogP contribution is -2.47. The van der Waals surface area contributed by atoms with Crippen LogP contribution in [0, 0.1) is 0 Å². The first-order chi connectivity index (χ1) is 12.4. The number of piperidine rings is 1. The molecule has 142 valence electrons. The predicted molar refractivity (Wildman–Crippen MR) is 101 cm³/mol. The van der Waals surface area contributed by atoms with Crippen molar-refractivity contribution in [2.75, 3.05) is 24.2 Å². The lowest BCUT2D eigenvalue weighted by atomic mass is 10.1. The zero-order valence-electron chi connectivity index (χ0n) is 14.9. The van der Waals surface area contributed by atoms with Gasteiger partial charge in [0, 0.05) is 30.4 Å². The molecule has 7 nitrogen and oxygen atoms in total. The second-order valence-electron chi connectivity index (χ2n) is 6.23. The highest BCUT2D eigenvalue weighted by molar-refractivity contribution is 7.89. The van der Waals surface area contributed by atoms with Crippen molar-refractivity contribution >= 4 is 27.5 Å². The third-order valence-corrected chi connectivity index (χ3v) is 6.32. The van der Waals surface area contributed by atoms with Crippen LogP contribution in [0.15, 0.2) is 36.9 Å². The van der Waals surface area contributed by atoms with Crippen LogP contribution in [-0.2, 0) is 14.8 Å². The molecule has 1 aliphatic rings. The van der Waals surface area contributed by atoms with Gasteiger partial charge >= 0.3 is 0 Å². The number of carbonyl (C=O) groups is 2. The summed E-state index contributed by atoms with van der Waals surface area (Å²) in [5.74, 6) is -0.355. The first kappa shape index (κ1) is 20.1. The van der Waals surface area contributed by atoms with Crippen LogP contribution in [0.1, 0.15) is 36.5 Å². The molecular formula is C18H25N3O4S. The maximum absolute atomic E-state index is 12.3. The maximum atomic E-state index is 12.3. The van der Waals surface area contributed by atoms with Crippen LogP contribution in [0.4, 0.5) is 5.69 Å². The van der Waals surface area contributed by atoms with Gasteiger partial charge in [0.1, 0.15) is 0 Å². The average Bonchev–Trinajstić information content (AvgIpc) is 2.62. The molecule has 0 radical (unpaired) electrons. The molecule has 2 amide bonds. The molecule has 1 aromatic carbocycles. The number of amides is 2. The van der Waals surface area contributed by atoms with E-state index in [0.29, 0.717) is 43.6 Å². The number of anilines is 1. The molecule has 1 fully saturated rings. The predicted octanol–water partition coefficient (Wildman–Crippen LogP) is 1.75. The molecule has 0 spiro atoms. The van der Waals surface area contributed by atoms with E-state index in [-0.39, 0.29) is 23.6 Å². The first-order valence-corrected chi connectivity index (χ1v) is 10.3. The highest BCUT2D eigenvalue weighted by Crippen LogP contribution is 2.16. The van der Waals surface area contributed by atoms with E-state index in [9.17, 15) is 18.0 Å². The van der Waals surface area contributed by atoms with Gasteiger partial charge in [-0.2, -0.15) is 0 Å². The zero-order valence-corrected chi connectivity index (χ0v) is 15.7. The number of carbonyl (C=O) groups excluding carboxylic acids is 2. The number of hydrogen-bond acceptors (Lipinski definition) is 4. The van der Waals surface area contributed by atoms with Gasteiger partial charge in [0.25, 0.3) is 5.91 Å². The zero-order chi connectivity index (χ0) is 19.2. The van der Waals surface area contributed by atoms with Crippen molar-refractivity contribution in [2.24, 2.45) is 0 Å². The minimum atomic E-state index is -3.18. The Bertz CT molecular complexity index is 751. The van der Waals surface area contributed by atoms with Crippen molar-refractivity contribution in [3.05, 3.63) is 42.5 Å². The van der Waals surface area contributed by atoms with E-state index in [1.807, 2.05) is 6.92 Å². The Balaban J connectivity index is 1.87. The largest absolute Gasteiger partial charge is 0.349 e. The number of nitrogens with zero attached hydrogens (tertiary/aromatic N) is 1. The Labute approximate surface area is 154 Å². The van der Waals surface area contributed by atoms with Crippen molar-refractivity contribution in [2.45, 2.75) is 32.2 Å². The molecule has 1 heterocycles. The Kier molecular flexibility index (Phi) is 6.93. The fourth-order valence-corrected chi connectivity index (χ4v) is 4.37. The smallest absolute Gasteiger partial charge is 0.251 e. The number of benzene rings is 1. The SMILES string of the molecule is C=CC(=O)Nc1ccc(C(=O)NC2CCN(S(=O)(=O)CCC)CC2)cc1. The summed E-state index contributed by atoms with van der Waals surface area (Å²) < 4.78 is 25.6. The summed E-state index contributed by atoms with van der Waals surface area (Å²) in [6, 6.07) is 6.52. The van der Waals surface area contributed by atoms with E-state index in [1.54, 1.807) is 24.3 Å². The van der Waals surface area contributed by atoms with Crippen molar-refractivity contribution in [3.63, 3.8) is 0 Å². The summed E-state index contributed by atoms with van der Waals surface area (Å²) >= 11 is 0. The second-order valence-corrected chi connectivity index (χ2v) is 8.32. The minimum Gasteiger partial charge on any atom is -0.349 e. The van der Waals surface area contributed by atoms with Gasteiger partial charge in [0.15, 0.2) is 0 Å². The van der Waals surface area contributed by atoms with Gasteiger partial charge in [-0.3, -0.25) is 9.59 Å². The van der Waals surface area contributed by atoms with Crippen LogP contribution in [-0.4, -0.2) is 49.4 Å². The summed E-state index contributed by atoms with van der Waals surface area (Å²) in [6.07, 6.45) is 2.97. The van der Waals surface area contributed by atoms with Crippen molar-refractivity contribution < 1.29 is 18.0 Å². The summed E-state index contributed by atoms with van der Waals surface area (Å²) in [5, 5.41) is 5.56. The number of sulfonamides is 1. The molecular weight excluding hydrogens is 354 g/mol. The lowest BCUT2D eigenvalue weighted by molar-refractivity contribution is -0.111. The Morgan fingerprint density at radius 1 is 1.23 bits per heavy atom.